The minimum Gasteiger partial charge on any atom is -0.286 e. The van der Waals surface area contributed by atoms with Crippen molar-refractivity contribution in [3.63, 3.8) is 0 Å². The van der Waals surface area contributed by atoms with Gasteiger partial charge in [-0.3, -0.25) is 14.9 Å². The lowest BCUT2D eigenvalue weighted by molar-refractivity contribution is -0.510. The SMILES string of the molecule is O=C1c2ccccc2-c2c(c3ccccc3c3ccc4cc5ccccc5cc4c23)C1[N+](=O)[O-]. The van der Waals surface area contributed by atoms with Gasteiger partial charge in [-0.25, -0.2) is 0 Å². The van der Waals surface area contributed by atoms with E-state index in [2.05, 4.69) is 36.4 Å². The molecule has 0 fully saturated rings. The topological polar surface area (TPSA) is 60.2 Å². The average molecular weight is 439 g/mol. The number of nitro groups is 1. The van der Waals surface area contributed by atoms with Crippen molar-refractivity contribution in [3.8, 4) is 11.1 Å². The molecule has 0 saturated carbocycles. The molecule has 1 unspecified atom stereocenters. The number of rotatable bonds is 1. The van der Waals surface area contributed by atoms with E-state index in [9.17, 15) is 14.9 Å². The monoisotopic (exact) mass is 439 g/mol. The van der Waals surface area contributed by atoms with Crippen LogP contribution in [0.5, 0.6) is 0 Å². The van der Waals surface area contributed by atoms with E-state index in [0.29, 0.717) is 11.1 Å². The number of nitrogens with zero attached hydrogens (tertiary/aromatic N) is 1. The van der Waals surface area contributed by atoms with E-state index in [1.807, 2.05) is 48.5 Å². The van der Waals surface area contributed by atoms with Crippen molar-refractivity contribution < 1.29 is 9.72 Å². The lowest BCUT2D eigenvalue weighted by Crippen LogP contribution is -2.26. The van der Waals surface area contributed by atoms with Crippen molar-refractivity contribution in [2.24, 2.45) is 0 Å². The first kappa shape index (κ1) is 18.9. The minimum atomic E-state index is -1.44. The molecule has 7 rings (SSSR count). The highest BCUT2D eigenvalue weighted by molar-refractivity contribution is 6.28. The molecule has 6 aromatic carbocycles. The Bertz CT molecular complexity index is 1870. The van der Waals surface area contributed by atoms with Gasteiger partial charge in [0.1, 0.15) is 0 Å². The predicted octanol–water partition coefficient (Wildman–Crippen LogP) is 7.48. The Labute approximate surface area is 194 Å². The Morgan fingerprint density at radius 2 is 1.26 bits per heavy atom. The summed E-state index contributed by atoms with van der Waals surface area (Å²) in [5, 5.41) is 20.4. The lowest BCUT2D eigenvalue weighted by atomic mass is 9.76. The van der Waals surface area contributed by atoms with Crippen LogP contribution in [0.25, 0.3) is 54.2 Å². The zero-order valence-electron chi connectivity index (χ0n) is 18.0. The van der Waals surface area contributed by atoms with Crippen molar-refractivity contribution in [1.29, 1.82) is 0 Å². The van der Waals surface area contributed by atoms with Crippen LogP contribution in [0.15, 0.2) is 97.1 Å². The van der Waals surface area contributed by atoms with Gasteiger partial charge >= 0.3 is 6.04 Å². The van der Waals surface area contributed by atoms with Gasteiger partial charge in [-0.15, -0.1) is 0 Å². The summed E-state index contributed by atoms with van der Waals surface area (Å²) in [6.45, 7) is 0. The van der Waals surface area contributed by atoms with E-state index in [-0.39, 0.29) is 0 Å². The van der Waals surface area contributed by atoms with Crippen molar-refractivity contribution in [2.45, 2.75) is 6.04 Å². The fourth-order valence-corrected chi connectivity index (χ4v) is 5.69. The summed E-state index contributed by atoms with van der Waals surface area (Å²) < 4.78 is 0. The van der Waals surface area contributed by atoms with Gasteiger partial charge in [0.2, 0.25) is 5.78 Å². The van der Waals surface area contributed by atoms with Crippen LogP contribution < -0.4 is 0 Å². The number of carbonyl (C=O) groups excluding carboxylic acids is 1. The molecule has 1 aliphatic rings. The largest absolute Gasteiger partial charge is 0.301 e. The molecule has 1 atom stereocenters. The second-order valence-electron chi connectivity index (χ2n) is 8.84. The Morgan fingerprint density at radius 3 is 2.03 bits per heavy atom. The Kier molecular flexibility index (Phi) is 3.74. The molecule has 6 aromatic rings. The highest BCUT2D eigenvalue weighted by Gasteiger charge is 2.42. The van der Waals surface area contributed by atoms with Crippen LogP contribution in [-0.2, 0) is 0 Å². The van der Waals surface area contributed by atoms with Gasteiger partial charge in [-0.05, 0) is 60.8 Å². The molecule has 0 aliphatic heterocycles. The molecule has 4 heteroatoms. The molecular weight excluding hydrogens is 422 g/mol. The third kappa shape index (κ3) is 2.40. The van der Waals surface area contributed by atoms with Gasteiger partial charge in [0.05, 0.1) is 0 Å². The Balaban J connectivity index is 1.81. The van der Waals surface area contributed by atoms with Gasteiger partial charge in [0, 0.05) is 21.6 Å². The summed E-state index contributed by atoms with van der Waals surface area (Å²) in [5.41, 5.74) is 2.46. The van der Waals surface area contributed by atoms with E-state index < -0.39 is 16.7 Å². The number of benzene rings is 6. The quantitative estimate of drug-likeness (QED) is 0.115. The van der Waals surface area contributed by atoms with Gasteiger partial charge < -0.3 is 0 Å². The van der Waals surface area contributed by atoms with Gasteiger partial charge in [0.15, 0.2) is 0 Å². The average Bonchev–Trinajstić information content (AvgIpc) is 2.87. The van der Waals surface area contributed by atoms with Gasteiger partial charge in [-0.2, -0.15) is 0 Å². The van der Waals surface area contributed by atoms with Gasteiger partial charge in [0.25, 0.3) is 0 Å². The maximum absolute atomic E-state index is 13.4. The van der Waals surface area contributed by atoms with Crippen LogP contribution in [0.1, 0.15) is 22.0 Å². The van der Waals surface area contributed by atoms with Crippen molar-refractivity contribution in [2.75, 3.05) is 0 Å². The molecule has 0 spiro atoms. The van der Waals surface area contributed by atoms with Crippen molar-refractivity contribution >= 4 is 48.9 Å². The first-order valence-electron chi connectivity index (χ1n) is 11.2. The van der Waals surface area contributed by atoms with Crippen molar-refractivity contribution in [1.82, 2.24) is 0 Å². The molecule has 0 radical (unpaired) electrons. The fourth-order valence-electron chi connectivity index (χ4n) is 5.69. The molecule has 4 nitrogen and oxygen atoms in total. The smallest absolute Gasteiger partial charge is 0.286 e. The second-order valence-corrected chi connectivity index (χ2v) is 8.84. The van der Waals surface area contributed by atoms with Crippen LogP contribution in [0.4, 0.5) is 0 Å². The number of hydrogen-bond donors (Lipinski definition) is 0. The van der Waals surface area contributed by atoms with E-state index >= 15 is 0 Å². The maximum atomic E-state index is 13.4. The van der Waals surface area contributed by atoms with Crippen LogP contribution in [0.3, 0.4) is 0 Å². The molecule has 0 heterocycles. The molecule has 1 aliphatic carbocycles. The summed E-state index contributed by atoms with van der Waals surface area (Å²) in [4.78, 5) is 25.3. The van der Waals surface area contributed by atoms with Crippen LogP contribution in [0.2, 0.25) is 0 Å². The molecule has 0 amide bonds. The summed E-state index contributed by atoms with van der Waals surface area (Å²) in [5.74, 6) is -0.455. The first-order chi connectivity index (χ1) is 16.6. The van der Waals surface area contributed by atoms with Crippen LogP contribution in [0, 0.1) is 10.1 Å². The summed E-state index contributed by atoms with van der Waals surface area (Å²) >= 11 is 0. The third-order valence-electron chi connectivity index (χ3n) is 7.11. The molecule has 0 aromatic heterocycles. The molecule has 0 bridgehead atoms. The van der Waals surface area contributed by atoms with Gasteiger partial charge in [-0.1, -0.05) is 84.9 Å². The zero-order valence-corrected chi connectivity index (χ0v) is 18.0. The van der Waals surface area contributed by atoms with E-state index in [0.717, 1.165) is 54.2 Å². The first-order valence-corrected chi connectivity index (χ1v) is 11.2. The van der Waals surface area contributed by atoms with E-state index in [4.69, 9.17) is 0 Å². The number of ketones is 1. The highest BCUT2D eigenvalue weighted by Crippen LogP contribution is 2.49. The summed E-state index contributed by atoms with van der Waals surface area (Å²) in [6.07, 6.45) is 0. The second kappa shape index (κ2) is 6.72. The van der Waals surface area contributed by atoms with Crippen LogP contribution in [-0.4, -0.2) is 10.7 Å². The predicted molar refractivity (Wildman–Crippen MR) is 136 cm³/mol. The highest BCUT2D eigenvalue weighted by atomic mass is 16.6. The third-order valence-corrected chi connectivity index (χ3v) is 7.11. The normalized spacial score (nSPS) is 15.1. The summed E-state index contributed by atoms with van der Waals surface area (Å²) in [6, 6.07) is 30.3. The molecule has 160 valence electrons. The van der Waals surface area contributed by atoms with Crippen molar-refractivity contribution in [3.05, 3.63) is 118 Å². The minimum absolute atomic E-state index is 0.408. The molecule has 0 N–H and O–H groups in total. The van der Waals surface area contributed by atoms with E-state index in [1.165, 1.54) is 0 Å². The Morgan fingerprint density at radius 1 is 0.618 bits per heavy atom. The Hall–Kier alpha value is -4.57. The fraction of sp³-hybridized carbons (Fsp3) is 0.0333. The van der Waals surface area contributed by atoms with E-state index in [1.54, 1.807) is 12.1 Å². The maximum Gasteiger partial charge on any atom is 0.301 e. The number of hydrogen-bond acceptors (Lipinski definition) is 3. The lowest BCUT2D eigenvalue weighted by Gasteiger charge is -2.26. The molecule has 34 heavy (non-hydrogen) atoms. The zero-order chi connectivity index (χ0) is 23.0. The molecule has 0 saturated heterocycles. The standard InChI is InChI=1S/C30H17NO3/c32-30-24-12-6-5-11-22(24)27-26-23(20-9-3-4-10-21(20)28(27)29(30)31(33)34)14-13-19-15-17-7-1-2-8-18(17)16-25(19)26/h1-16,29H. The molecular formula is C30H17NO3. The van der Waals surface area contributed by atoms with Crippen LogP contribution >= 0.6 is 0 Å². The number of Topliss-reactive ketones (excluding diaryl/α,β-unsaturated/α-hetero) is 1. The summed E-state index contributed by atoms with van der Waals surface area (Å²) in [7, 11) is 0. The number of carbonyl (C=O) groups is 1. The number of fused-ring (bicyclic) bond motifs is 11.